The molecule has 0 saturated carbocycles. The summed E-state index contributed by atoms with van der Waals surface area (Å²) < 4.78 is 15.3. The average molecular weight is 233 g/mol. The molecule has 0 bridgehead atoms. The third-order valence-electron chi connectivity index (χ3n) is 2.50. The van der Waals surface area contributed by atoms with E-state index >= 15 is 0 Å². The number of hydrogen-bond donors (Lipinski definition) is 1. The van der Waals surface area contributed by atoms with Crippen LogP contribution in [0.3, 0.4) is 0 Å². The highest BCUT2D eigenvalue weighted by atomic mass is 19.1. The summed E-state index contributed by atoms with van der Waals surface area (Å²) >= 11 is 0. The second-order valence-corrected chi connectivity index (χ2v) is 4.51. The standard InChI is InChI=1S/C13H16FN3/c1-9(2)8-17-13(15)7-12(16-17)10-5-3-4-6-11(10)14/h3-7,9H,8,15H2,1-2H3. The summed E-state index contributed by atoms with van der Waals surface area (Å²) in [4.78, 5) is 0. The molecule has 4 heteroatoms. The Morgan fingerprint density at radius 3 is 2.71 bits per heavy atom. The van der Waals surface area contributed by atoms with Crippen molar-refractivity contribution in [2.24, 2.45) is 5.92 Å². The lowest BCUT2D eigenvalue weighted by Crippen LogP contribution is -2.09. The Hall–Kier alpha value is -1.84. The fraction of sp³-hybridized carbons (Fsp3) is 0.308. The molecular formula is C13H16FN3. The zero-order valence-electron chi connectivity index (χ0n) is 10.0. The predicted molar refractivity (Wildman–Crippen MR) is 66.9 cm³/mol. The number of hydrogen-bond acceptors (Lipinski definition) is 2. The topological polar surface area (TPSA) is 43.8 Å². The molecule has 0 aliphatic rings. The summed E-state index contributed by atoms with van der Waals surface area (Å²) in [6.07, 6.45) is 0. The smallest absolute Gasteiger partial charge is 0.132 e. The highest BCUT2D eigenvalue weighted by molar-refractivity contribution is 5.62. The quantitative estimate of drug-likeness (QED) is 0.885. The number of nitrogen functional groups attached to an aromatic ring is 1. The molecule has 1 heterocycles. The molecule has 0 spiro atoms. The van der Waals surface area contributed by atoms with Crippen LogP contribution in [0.2, 0.25) is 0 Å². The highest BCUT2D eigenvalue weighted by Crippen LogP contribution is 2.23. The van der Waals surface area contributed by atoms with Crippen LogP contribution < -0.4 is 5.73 Å². The molecule has 0 radical (unpaired) electrons. The molecule has 0 fully saturated rings. The van der Waals surface area contributed by atoms with E-state index in [0.29, 0.717) is 23.0 Å². The summed E-state index contributed by atoms with van der Waals surface area (Å²) in [5.41, 5.74) is 6.93. The number of anilines is 1. The van der Waals surface area contributed by atoms with Crippen LogP contribution in [0.25, 0.3) is 11.3 Å². The number of nitrogens with zero attached hydrogens (tertiary/aromatic N) is 2. The van der Waals surface area contributed by atoms with Crippen LogP contribution >= 0.6 is 0 Å². The van der Waals surface area contributed by atoms with E-state index < -0.39 is 0 Å². The second-order valence-electron chi connectivity index (χ2n) is 4.51. The molecular weight excluding hydrogens is 217 g/mol. The minimum Gasteiger partial charge on any atom is -0.384 e. The molecule has 0 unspecified atom stereocenters. The van der Waals surface area contributed by atoms with Gasteiger partial charge in [0.25, 0.3) is 0 Å². The normalized spacial score (nSPS) is 11.1. The number of nitrogens with two attached hydrogens (primary N) is 1. The van der Waals surface area contributed by atoms with E-state index in [1.165, 1.54) is 6.07 Å². The molecule has 2 rings (SSSR count). The Morgan fingerprint density at radius 2 is 2.06 bits per heavy atom. The molecule has 1 aromatic heterocycles. The number of aromatic nitrogens is 2. The molecule has 0 saturated heterocycles. The van der Waals surface area contributed by atoms with E-state index in [0.717, 1.165) is 6.54 Å². The van der Waals surface area contributed by atoms with Gasteiger partial charge >= 0.3 is 0 Å². The minimum absolute atomic E-state index is 0.276. The average Bonchev–Trinajstić information content (AvgIpc) is 2.60. The number of halogens is 1. The largest absolute Gasteiger partial charge is 0.384 e. The van der Waals surface area contributed by atoms with Crippen LogP contribution in [0, 0.1) is 11.7 Å². The van der Waals surface area contributed by atoms with Crippen LogP contribution in [0.15, 0.2) is 30.3 Å². The second kappa shape index (κ2) is 4.57. The zero-order chi connectivity index (χ0) is 12.4. The number of benzene rings is 1. The van der Waals surface area contributed by atoms with E-state index in [1.54, 1.807) is 28.9 Å². The molecule has 90 valence electrons. The fourth-order valence-corrected chi connectivity index (χ4v) is 1.72. The summed E-state index contributed by atoms with van der Waals surface area (Å²) in [5, 5.41) is 4.33. The summed E-state index contributed by atoms with van der Waals surface area (Å²) in [7, 11) is 0. The van der Waals surface area contributed by atoms with E-state index in [2.05, 4.69) is 18.9 Å². The van der Waals surface area contributed by atoms with Crippen LogP contribution in [-0.4, -0.2) is 9.78 Å². The Bertz CT molecular complexity index is 517. The Labute approximate surface area is 100 Å². The van der Waals surface area contributed by atoms with Crippen molar-refractivity contribution in [1.29, 1.82) is 0 Å². The Kier molecular flexibility index (Phi) is 3.13. The van der Waals surface area contributed by atoms with Crippen molar-refractivity contribution in [3.8, 4) is 11.3 Å². The van der Waals surface area contributed by atoms with Crippen molar-refractivity contribution in [3.63, 3.8) is 0 Å². The van der Waals surface area contributed by atoms with E-state index in [1.807, 2.05) is 0 Å². The lowest BCUT2D eigenvalue weighted by atomic mass is 10.1. The molecule has 2 aromatic rings. The van der Waals surface area contributed by atoms with Crippen molar-refractivity contribution < 1.29 is 4.39 Å². The summed E-state index contributed by atoms with van der Waals surface area (Å²) in [5.74, 6) is 0.740. The Morgan fingerprint density at radius 1 is 1.35 bits per heavy atom. The van der Waals surface area contributed by atoms with Crippen LogP contribution in [0.1, 0.15) is 13.8 Å². The monoisotopic (exact) mass is 233 g/mol. The molecule has 0 amide bonds. The lowest BCUT2D eigenvalue weighted by Gasteiger charge is -2.06. The molecule has 1 aromatic carbocycles. The molecule has 3 nitrogen and oxygen atoms in total. The van der Waals surface area contributed by atoms with Gasteiger partial charge in [0.15, 0.2) is 0 Å². The van der Waals surface area contributed by atoms with Gasteiger partial charge in [-0.1, -0.05) is 26.0 Å². The SMILES string of the molecule is CC(C)Cn1nc(-c2ccccc2F)cc1N. The van der Waals surface area contributed by atoms with Gasteiger partial charge in [0.2, 0.25) is 0 Å². The molecule has 0 aliphatic heterocycles. The maximum absolute atomic E-state index is 13.6. The summed E-state index contributed by atoms with van der Waals surface area (Å²) in [6, 6.07) is 8.29. The third-order valence-corrected chi connectivity index (χ3v) is 2.50. The molecule has 0 aliphatic carbocycles. The van der Waals surface area contributed by atoms with Crippen molar-refractivity contribution in [1.82, 2.24) is 9.78 Å². The summed E-state index contributed by atoms with van der Waals surface area (Å²) in [6.45, 7) is 4.91. The first-order valence-electron chi connectivity index (χ1n) is 5.66. The van der Waals surface area contributed by atoms with Gasteiger partial charge < -0.3 is 5.73 Å². The first-order valence-corrected chi connectivity index (χ1v) is 5.66. The van der Waals surface area contributed by atoms with Crippen LogP contribution in [0.5, 0.6) is 0 Å². The maximum Gasteiger partial charge on any atom is 0.132 e. The van der Waals surface area contributed by atoms with E-state index in [4.69, 9.17) is 5.73 Å². The van der Waals surface area contributed by atoms with Crippen LogP contribution in [-0.2, 0) is 6.54 Å². The maximum atomic E-state index is 13.6. The van der Waals surface area contributed by atoms with Gasteiger partial charge in [0.1, 0.15) is 11.6 Å². The van der Waals surface area contributed by atoms with E-state index in [9.17, 15) is 4.39 Å². The van der Waals surface area contributed by atoms with Gasteiger partial charge in [-0.2, -0.15) is 5.10 Å². The minimum atomic E-state index is -0.276. The van der Waals surface area contributed by atoms with Gasteiger partial charge in [0.05, 0.1) is 5.69 Å². The first kappa shape index (κ1) is 11.6. The van der Waals surface area contributed by atoms with Gasteiger partial charge in [0, 0.05) is 18.2 Å². The third kappa shape index (κ3) is 2.46. The van der Waals surface area contributed by atoms with Gasteiger partial charge in [-0.25, -0.2) is 9.07 Å². The van der Waals surface area contributed by atoms with Crippen molar-refractivity contribution in [3.05, 3.63) is 36.1 Å². The van der Waals surface area contributed by atoms with Crippen LogP contribution in [0.4, 0.5) is 10.2 Å². The fourth-order valence-electron chi connectivity index (χ4n) is 1.72. The van der Waals surface area contributed by atoms with Gasteiger partial charge in [-0.15, -0.1) is 0 Å². The molecule has 0 atom stereocenters. The van der Waals surface area contributed by atoms with E-state index in [-0.39, 0.29) is 5.82 Å². The van der Waals surface area contributed by atoms with Gasteiger partial charge in [-0.05, 0) is 18.1 Å². The highest BCUT2D eigenvalue weighted by Gasteiger charge is 2.11. The molecule has 17 heavy (non-hydrogen) atoms. The van der Waals surface area contributed by atoms with Crippen molar-refractivity contribution in [2.75, 3.05) is 5.73 Å². The Balaban J connectivity index is 2.38. The zero-order valence-corrected chi connectivity index (χ0v) is 10.0. The first-order chi connectivity index (χ1) is 8.08. The number of rotatable bonds is 3. The van der Waals surface area contributed by atoms with Crippen molar-refractivity contribution in [2.45, 2.75) is 20.4 Å². The van der Waals surface area contributed by atoms with Crippen molar-refractivity contribution >= 4 is 5.82 Å². The molecule has 2 N–H and O–H groups in total. The van der Waals surface area contributed by atoms with Gasteiger partial charge in [-0.3, -0.25) is 0 Å². The lowest BCUT2D eigenvalue weighted by molar-refractivity contribution is 0.489. The predicted octanol–water partition coefficient (Wildman–Crippen LogP) is 2.93.